The fraction of sp³-hybridized carbons (Fsp3) is 1.00. The fourth-order valence-electron chi connectivity index (χ4n) is 3.06. The number of hydrogen-bond donors (Lipinski definition) is 0. The monoisotopic (exact) mass is 488 g/mol. The third-order valence-electron chi connectivity index (χ3n) is 5.22. The number of hydrogen-bond acceptors (Lipinski definition) is 1. The van der Waals surface area contributed by atoms with Crippen LogP contribution in [0.4, 0.5) is 0 Å². The molecular formula is C24H60OP4. The van der Waals surface area contributed by atoms with Gasteiger partial charge in [-0.15, -0.1) is 31.7 Å². The van der Waals surface area contributed by atoms with Gasteiger partial charge in [-0.2, -0.15) is 0 Å². The number of rotatable bonds is 0. The van der Waals surface area contributed by atoms with Crippen LogP contribution in [-0.4, -0.2) is 89.2 Å². The summed E-state index contributed by atoms with van der Waals surface area (Å²) in [6, 6.07) is 0. The Morgan fingerprint density at radius 3 is 0.828 bits per heavy atom. The zero-order chi connectivity index (χ0) is 18.3. The van der Waals surface area contributed by atoms with Crippen LogP contribution in [0.5, 0.6) is 0 Å². The Hall–Kier alpha value is 1.68. The maximum absolute atomic E-state index is 5.16. The molecular weight excluding hydrogens is 428 g/mol. The third kappa shape index (κ3) is 24.2. The van der Waals surface area contributed by atoms with Crippen LogP contribution in [0.1, 0.15) is 68.2 Å². The lowest BCUT2D eigenvalue weighted by Gasteiger charge is -2.19. The highest BCUT2D eigenvalue weighted by atomic mass is 31.1. The van der Waals surface area contributed by atoms with Crippen LogP contribution in [0.3, 0.4) is 0 Å². The maximum Gasteiger partial charge on any atom is 0.0505 e. The standard InChI is InChI=1S/C6H13P.C5H11OP.C5H11P.C4H9P.4CH4/c1-7-5-3-2-4-6-7;1-7-4-2-6-3-5-7;1-6-4-2-3-5-6;1-5-3-2-4-5;;;;/h2-6H2,1H3;2-5H2,1H3;2-5H2,1H3;2-4H2,1H3;4*1H4. The summed E-state index contributed by atoms with van der Waals surface area (Å²) in [5.74, 6) is 0. The van der Waals surface area contributed by atoms with E-state index in [9.17, 15) is 0 Å². The molecule has 29 heavy (non-hydrogen) atoms. The van der Waals surface area contributed by atoms with Gasteiger partial charge < -0.3 is 4.74 Å². The largest absolute Gasteiger partial charge is 0.381 e. The first kappa shape index (κ1) is 38.0. The van der Waals surface area contributed by atoms with Gasteiger partial charge in [-0.1, -0.05) is 36.1 Å². The second kappa shape index (κ2) is 25.9. The van der Waals surface area contributed by atoms with Crippen molar-refractivity contribution in [1.82, 2.24) is 0 Å². The molecule has 4 rings (SSSR count). The molecule has 4 aliphatic rings. The summed E-state index contributed by atoms with van der Waals surface area (Å²) in [7, 11) is 2.01. The zero-order valence-corrected chi connectivity index (χ0v) is 21.1. The second-order valence-corrected chi connectivity index (χ2v) is 18.4. The molecule has 0 N–H and O–H groups in total. The molecule has 0 saturated carbocycles. The first-order valence-electron chi connectivity index (χ1n) is 10.4. The summed E-state index contributed by atoms with van der Waals surface area (Å²) in [5, 5.41) is 0. The second-order valence-electron chi connectivity index (χ2n) is 7.95. The first-order valence-corrected chi connectivity index (χ1v) is 19.0. The molecule has 0 atom stereocenters. The Morgan fingerprint density at radius 2 is 0.655 bits per heavy atom. The van der Waals surface area contributed by atoms with Gasteiger partial charge in [0, 0.05) is 0 Å². The van der Waals surface area contributed by atoms with E-state index in [1.165, 1.54) is 50.8 Å². The van der Waals surface area contributed by atoms with Gasteiger partial charge in [-0.3, -0.25) is 0 Å². The van der Waals surface area contributed by atoms with Gasteiger partial charge in [0.15, 0.2) is 0 Å². The highest BCUT2D eigenvalue weighted by molar-refractivity contribution is 7.58. The summed E-state index contributed by atoms with van der Waals surface area (Å²) in [4.78, 5) is 0. The highest BCUT2D eigenvalue weighted by Gasteiger charge is 2.08. The van der Waals surface area contributed by atoms with E-state index in [4.69, 9.17) is 4.74 Å². The van der Waals surface area contributed by atoms with Crippen molar-refractivity contribution in [3.8, 4) is 0 Å². The van der Waals surface area contributed by atoms with Gasteiger partial charge in [0.2, 0.25) is 0 Å². The summed E-state index contributed by atoms with van der Waals surface area (Å²) >= 11 is 0. The van der Waals surface area contributed by atoms with Crippen molar-refractivity contribution in [2.24, 2.45) is 0 Å². The van der Waals surface area contributed by atoms with Crippen molar-refractivity contribution in [3.05, 3.63) is 0 Å². The molecule has 4 saturated heterocycles. The first-order chi connectivity index (χ1) is 12.1. The molecule has 4 fully saturated rings. The van der Waals surface area contributed by atoms with Crippen LogP contribution in [0.25, 0.3) is 0 Å². The summed E-state index contributed by atoms with van der Waals surface area (Å²) < 4.78 is 5.16. The van der Waals surface area contributed by atoms with Crippen LogP contribution in [0.15, 0.2) is 0 Å². The maximum atomic E-state index is 5.16. The minimum atomic E-state index is 0. The summed E-state index contributed by atoms with van der Waals surface area (Å²) in [6.07, 6.45) is 21.0. The van der Waals surface area contributed by atoms with Gasteiger partial charge in [0.1, 0.15) is 0 Å². The summed E-state index contributed by atoms with van der Waals surface area (Å²) in [6.45, 7) is 11.6. The van der Waals surface area contributed by atoms with Gasteiger partial charge in [-0.05, 0) is 108 Å². The normalized spacial score (nSPS) is 21.9. The minimum absolute atomic E-state index is 0. The van der Waals surface area contributed by atoms with Gasteiger partial charge >= 0.3 is 0 Å². The van der Waals surface area contributed by atoms with E-state index in [0.717, 1.165) is 13.2 Å². The van der Waals surface area contributed by atoms with Crippen molar-refractivity contribution >= 4 is 31.7 Å². The molecule has 0 aliphatic carbocycles. The molecule has 0 radical (unpaired) electrons. The Bertz CT molecular complexity index is 267. The quantitative estimate of drug-likeness (QED) is 0.309. The van der Waals surface area contributed by atoms with Crippen molar-refractivity contribution in [3.63, 3.8) is 0 Å². The molecule has 0 amide bonds. The van der Waals surface area contributed by atoms with Gasteiger partial charge in [0.05, 0.1) is 13.2 Å². The molecule has 1 nitrogen and oxygen atoms in total. The molecule has 5 heteroatoms. The van der Waals surface area contributed by atoms with Crippen LogP contribution < -0.4 is 0 Å². The molecule has 0 aromatic heterocycles. The van der Waals surface area contributed by atoms with Crippen LogP contribution in [-0.2, 0) is 4.74 Å². The van der Waals surface area contributed by atoms with Crippen molar-refractivity contribution in [2.45, 2.75) is 68.2 Å². The summed E-state index contributed by atoms with van der Waals surface area (Å²) in [5.41, 5.74) is 0. The van der Waals surface area contributed by atoms with E-state index in [1.807, 2.05) is 0 Å². The SMILES string of the molecule is C.C.C.C.CP1CCC1.CP1CCCC1.CP1CCCCC1.CP1CCOCC1. The molecule has 4 aliphatic heterocycles. The lowest BCUT2D eigenvalue weighted by molar-refractivity contribution is 0.158. The van der Waals surface area contributed by atoms with E-state index in [-0.39, 0.29) is 29.7 Å². The predicted molar refractivity (Wildman–Crippen MR) is 156 cm³/mol. The Labute approximate surface area is 193 Å². The zero-order valence-electron chi connectivity index (χ0n) is 17.5. The Morgan fingerprint density at radius 1 is 0.379 bits per heavy atom. The molecule has 0 unspecified atom stereocenters. The Kier molecular flexibility index (Phi) is 34.0. The van der Waals surface area contributed by atoms with Crippen molar-refractivity contribution in [1.29, 1.82) is 0 Å². The van der Waals surface area contributed by atoms with E-state index >= 15 is 0 Å². The highest BCUT2D eigenvalue weighted by Crippen LogP contribution is 2.41. The topological polar surface area (TPSA) is 9.23 Å². The van der Waals surface area contributed by atoms with Crippen LogP contribution in [0.2, 0.25) is 0 Å². The van der Waals surface area contributed by atoms with E-state index in [2.05, 4.69) is 26.7 Å². The van der Waals surface area contributed by atoms with Crippen molar-refractivity contribution in [2.75, 3.05) is 89.2 Å². The third-order valence-corrected chi connectivity index (χ3v) is 13.6. The van der Waals surface area contributed by atoms with E-state index in [1.54, 1.807) is 37.0 Å². The molecule has 0 spiro atoms. The molecule has 4 heterocycles. The predicted octanol–water partition coefficient (Wildman–Crippen LogP) is 9.35. The van der Waals surface area contributed by atoms with Gasteiger partial charge in [-0.25, -0.2) is 0 Å². The molecule has 0 bridgehead atoms. The molecule has 0 aromatic carbocycles. The molecule has 0 aromatic rings. The lowest BCUT2D eigenvalue weighted by atomic mass is 10.3. The number of ether oxygens (including phenoxy) is 1. The lowest BCUT2D eigenvalue weighted by Crippen LogP contribution is -2.11. The average molecular weight is 489 g/mol. The van der Waals surface area contributed by atoms with Gasteiger partial charge in [0.25, 0.3) is 0 Å². The average Bonchev–Trinajstić information content (AvgIpc) is 3.07. The van der Waals surface area contributed by atoms with Crippen LogP contribution >= 0.6 is 31.7 Å². The molecule has 182 valence electrons. The smallest absolute Gasteiger partial charge is 0.0505 e. The Balaban J connectivity index is -0.000000138. The fourth-order valence-corrected chi connectivity index (χ4v) is 8.61. The van der Waals surface area contributed by atoms with E-state index in [0.29, 0.717) is 31.7 Å². The minimum Gasteiger partial charge on any atom is -0.381 e. The van der Waals surface area contributed by atoms with Crippen molar-refractivity contribution < 1.29 is 4.74 Å². The van der Waals surface area contributed by atoms with Crippen LogP contribution in [0, 0.1) is 0 Å². The van der Waals surface area contributed by atoms with E-state index < -0.39 is 0 Å².